The molecule has 0 aliphatic heterocycles. The SMILES string of the molecule is CCC1(C(=O)Cc2ccn(C(C)C)n2)CCCC1. The fourth-order valence-corrected chi connectivity index (χ4v) is 2.99. The number of hydrogen-bond acceptors (Lipinski definition) is 2. The molecule has 2 rings (SSSR count). The van der Waals surface area contributed by atoms with Crippen molar-refractivity contribution in [1.82, 2.24) is 9.78 Å². The number of Topliss-reactive ketones (excluding diaryl/α,β-unsaturated/α-hetero) is 1. The first-order valence-electron chi connectivity index (χ1n) is 7.15. The van der Waals surface area contributed by atoms with Crippen molar-refractivity contribution in [3.8, 4) is 0 Å². The Labute approximate surface area is 110 Å². The third-order valence-corrected chi connectivity index (χ3v) is 4.36. The normalized spacial score (nSPS) is 18.4. The van der Waals surface area contributed by atoms with Crippen LogP contribution in [0.2, 0.25) is 0 Å². The van der Waals surface area contributed by atoms with Gasteiger partial charge in [0.15, 0.2) is 0 Å². The Morgan fingerprint density at radius 3 is 2.61 bits per heavy atom. The molecule has 1 heterocycles. The van der Waals surface area contributed by atoms with Crippen LogP contribution in [0.15, 0.2) is 12.3 Å². The summed E-state index contributed by atoms with van der Waals surface area (Å²) in [7, 11) is 0. The van der Waals surface area contributed by atoms with E-state index in [9.17, 15) is 4.79 Å². The van der Waals surface area contributed by atoms with Crippen LogP contribution in [0.4, 0.5) is 0 Å². The number of carbonyl (C=O) groups is 1. The fraction of sp³-hybridized carbons (Fsp3) is 0.733. The van der Waals surface area contributed by atoms with Crippen LogP contribution >= 0.6 is 0 Å². The molecule has 18 heavy (non-hydrogen) atoms. The molecule has 1 aromatic heterocycles. The van der Waals surface area contributed by atoms with Gasteiger partial charge in [-0.25, -0.2) is 0 Å². The summed E-state index contributed by atoms with van der Waals surface area (Å²) in [6.45, 7) is 6.35. The van der Waals surface area contributed by atoms with Gasteiger partial charge in [-0.1, -0.05) is 19.8 Å². The van der Waals surface area contributed by atoms with Crippen molar-refractivity contribution in [3.63, 3.8) is 0 Å². The highest BCUT2D eigenvalue weighted by molar-refractivity contribution is 5.86. The van der Waals surface area contributed by atoms with Crippen molar-refractivity contribution in [2.24, 2.45) is 5.41 Å². The number of ketones is 1. The number of nitrogens with zero attached hydrogens (tertiary/aromatic N) is 2. The van der Waals surface area contributed by atoms with Crippen LogP contribution in [-0.2, 0) is 11.2 Å². The molecule has 3 heteroatoms. The van der Waals surface area contributed by atoms with E-state index in [1.807, 2.05) is 16.9 Å². The van der Waals surface area contributed by atoms with E-state index >= 15 is 0 Å². The predicted molar refractivity (Wildman–Crippen MR) is 72.5 cm³/mol. The van der Waals surface area contributed by atoms with Crippen molar-refractivity contribution in [2.45, 2.75) is 65.3 Å². The van der Waals surface area contributed by atoms with E-state index in [0.29, 0.717) is 18.2 Å². The van der Waals surface area contributed by atoms with Crippen LogP contribution in [0.25, 0.3) is 0 Å². The monoisotopic (exact) mass is 248 g/mol. The smallest absolute Gasteiger partial charge is 0.145 e. The van der Waals surface area contributed by atoms with Crippen molar-refractivity contribution < 1.29 is 4.79 Å². The maximum Gasteiger partial charge on any atom is 0.145 e. The second-order valence-corrected chi connectivity index (χ2v) is 5.82. The van der Waals surface area contributed by atoms with Crippen LogP contribution in [0.5, 0.6) is 0 Å². The van der Waals surface area contributed by atoms with Gasteiger partial charge in [0.1, 0.15) is 5.78 Å². The lowest BCUT2D eigenvalue weighted by Gasteiger charge is -2.25. The van der Waals surface area contributed by atoms with Gasteiger partial charge in [0, 0.05) is 17.7 Å². The molecule has 1 saturated carbocycles. The molecule has 0 bridgehead atoms. The van der Waals surface area contributed by atoms with Crippen molar-refractivity contribution in [2.75, 3.05) is 0 Å². The zero-order valence-corrected chi connectivity index (χ0v) is 11.8. The van der Waals surface area contributed by atoms with E-state index in [0.717, 1.165) is 25.0 Å². The average molecular weight is 248 g/mol. The fourth-order valence-electron chi connectivity index (χ4n) is 2.99. The van der Waals surface area contributed by atoms with Crippen molar-refractivity contribution in [1.29, 1.82) is 0 Å². The molecular weight excluding hydrogens is 224 g/mol. The highest BCUT2D eigenvalue weighted by atomic mass is 16.1. The minimum atomic E-state index is -0.0401. The number of carbonyl (C=O) groups excluding carboxylic acids is 1. The van der Waals surface area contributed by atoms with Crippen LogP contribution in [0.3, 0.4) is 0 Å². The lowest BCUT2D eigenvalue weighted by atomic mass is 9.77. The summed E-state index contributed by atoms with van der Waals surface area (Å²) in [6.07, 6.45) is 8.03. The minimum absolute atomic E-state index is 0.0401. The minimum Gasteiger partial charge on any atom is -0.299 e. The maximum atomic E-state index is 12.5. The third kappa shape index (κ3) is 2.50. The highest BCUT2D eigenvalue weighted by Crippen LogP contribution is 2.42. The molecule has 100 valence electrons. The Bertz CT molecular complexity index is 414. The highest BCUT2D eigenvalue weighted by Gasteiger charge is 2.38. The van der Waals surface area contributed by atoms with Gasteiger partial charge in [-0.2, -0.15) is 5.10 Å². The second kappa shape index (κ2) is 5.25. The molecule has 0 radical (unpaired) electrons. The molecule has 1 aliphatic carbocycles. The Morgan fingerprint density at radius 2 is 2.11 bits per heavy atom. The Kier molecular flexibility index (Phi) is 3.88. The van der Waals surface area contributed by atoms with E-state index in [2.05, 4.69) is 25.9 Å². The van der Waals surface area contributed by atoms with Gasteiger partial charge in [-0.05, 0) is 39.2 Å². The topological polar surface area (TPSA) is 34.9 Å². The Balaban J connectivity index is 2.06. The number of hydrogen-bond donors (Lipinski definition) is 0. The second-order valence-electron chi connectivity index (χ2n) is 5.82. The maximum absolute atomic E-state index is 12.5. The van der Waals surface area contributed by atoms with E-state index < -0.39 is 0 Å². The predicted octanol–water partition coefficient (Wildman–Crippen LogP) is 3.55. The van der Waals surface area contributed by atoms with E-state index in [-0.39, 0.29) is 5.41 Å². The summed E-state index contributed by atoms with van der Waals surface area (Å²) in [5.74, 6) is 0.400. The van der Waals surface area contributed by atoms with Gasteiger partial charge in [0.2, 0.25) is 0 Å². The van der Waals surface area contributed by atoms with Gasteiger partial charge < -0.3 is 0 Å². The standard InChI is InChI=1S/C15H24N2O/c1-4-15(8-5-6-9-15)14(18)11-13-7-10-17(16-13)12(2)3/h7,10,12H,4-6,8-9,11H2,1-3H3. The van der Waals surface area contributed by atoms with E-state index in [1.165, 1.54) is 12.8 Å². The molecule has 1 aliphatic rings. The Morgan fingerprint density at radius 1 is 1.44 bits per heavy atom. The zero-order valence-electron chi connectivity index (χ0n) is 11.8. The summed E-state index contributed by atoms with van der Waals surface area (Å²) in [4.78, 5) is 12.5. The van der Waals surface area contributed by atoms with Gasteiger partial charge in [-0.3, -0.25) is 9.48 Å². The molecule has 0 atom stereocenters. The van der Waals surface area contributed by atoms with Crippen LogP contribution in [0.1, 0.15) is 64.6 Å². The molecule has 0 saturated heterocycles. The summed E-state index contributed by atoms with van der Waals surface area (Å²) in [5, 5.41) is 4.48. The molecular formula is C15H24N2O. The lowest BCUT2D eigenvalue weighted by Crippen LogP contribution is -2.29. The zero-order chi connectivity index (χ0) is 13.2. The number of rotatable bonds is 5. The molecule has 1 fully saturated rings. The van der Waals surface area contributed by atoms with Crippen molar-refractivity contribution in [3.05, 3.63) is 18.0 Å². The van der Waals surface area contributed by atoms with Crippen LogP contribution in [-0.4, -0.2) is 15.6 Å². The molecule has 1 aromatic rings. The van der Waals surface area contributed by atoms with Crippen LogP contribution in [0, 0.1) is 5.41 Å². The van der Waals surface area contributed by atoms with Gasteiger partial charge in [-0.15, -0.1) is 0 Å². The summed E-state index contributed by atoms with van der Waals surface area (Å²) >= 11 is 0. The Hall–Kier alpha value is -1.12. The summed E-state index contributed by atoms with van der Waals surface area (Å²) in [5.41, 5.74) is 0.884. The lowest BCUT2D eigenvalue weighted by molar-refractivity contribution is -0.128. The number of aromatic nitrogens is 2. The molecule has 0 aromatic carbocycles. The largest absolute Gasteiger partial charge is 0.299 e. The summed E-state index contributed by atoms with van der Waals surface area (Å²) in [6, 6.07) is 2.34. The molecule has 0 unspecified atom stereocenters. The van der Waals surface area contributed by atoms with Gasteiger partial charge in [0.05, 0.1) is 12.1 Å². The molecule has 0 N–H and O–H groups in total. The molecule has 0 amide bonds. The third-order valence-electron chi connectivity index (χ3n) is 4.36. The average Bonchev–Trinajstić information content (AvgIpc) is 2.97. The van der Waals surface area contributed by atoms with Crippen molar-refractivity contribution >= 4 is 5.78 Å². The first-order chi connectivity index (χ1) is 8.57. The van der Waals surface area contributed by atoms with E-state index in [1.54, 1.807) is 0 Å². The van der Waals surface area contributed by atoms with Gasteiger partial charge in [0.25, 0.3) is 0 Å². The molecule has 3 nitrogen and oxygen atoms in total. The summed E-state index contributed by atoms with van der Waals surface area (Å²) < 4.78 is 1.93. The van der Waals surface area contributed by atoms with E-state index in [4.69, 9.17) is 0 Å². The van der Waals surface area contributed by atoms with Crippen LogP contribution < -0.4 is 0 Å². The quantitative estimate of drug-likeness (QED) is 0.798. The first-order valence-corrected chi connectivity index (χ1v) is 7.15. The van der Waals surface area contributed by atoms with Gasteiger partial charge >= 0.3 is 0 Å². The first kappa shape index (κ1) is 13.3. The molecule has 0 spiro atoms.